The number of fused-ring (bicyclic) bond motifs is 2. The van der Waals surface area contributed by atoms with Crippen molar-refractivity contribution in [3.8, 4) is 0 Å². The Morgan fingerprint density at radius 2 is 1.90 bits per heavy atom. The molecule has 2 saturated carbocycles. The predicted octanol–water partition coefficient (Wildman–Crippen LogP) is 3.91. The van der Waals surface area contributed by atoms with Crippen molar-refractivity contribution in [2.24, 2.45) is 22.7 Å². The van der Waals surface area contributed by atoms with E-state index in [0.717, 1.165) is 17.5 Å². The Balaban J connectivity index is 1.26. The maximum absolute atomic E-state index is 13.0. The molecule has 0 spiro atoms. The number of amides is 1. The number of thioether (sulfide) groups is 1. The van der Waals surface area contributed by atoms with Crippen LogP contribution in [0.2, 0.25) is 5.02 Å². The van der Waals surface area contributed by atoms with Gasteiger partial charge in [-0.3, -0.25) is 9.79 Å². The lowest BCUT2D eigenvalue weighted by molar-refractivity contribution is -0.122. The molecule has 2 bridgehead atoms. The van der Waals surface area contributed by atoms with E-state index in [1.54, 1.807) is 36.0 Å². The fourth-order valence-electron chi connectivity index (χ4n) is 5.78. The first-order valence-electron chi connectivity index (χ1n) is 11.1. The van der Waals surface area contributed by atoms with E-state index < -0.39 is 14.8 Å². The van der Waals surface area contributed by atoms with Gasteiger partial charge >= 0.3 is 0 Å². The summed E-state index contributed by atoms with van der Waals surface area (Å²) in [5, 5.41) is 4.03. The van der Waals surface area contributed by atoms with E-state index >= 15 is 0 Å². The highest BCUT2D eigenvalue weighted by atomic mass is 35.5. The zero-order valence-electron chi connectivity index (χ0n) is 17.6. The average molecular weight is 482 g/mol. The number of piperidine rings is 1. The van der Waals surface area contributed by atoms with E-state index in [9.17, 15) is 13.2 Å². The zero-order valence-corrected chi connectivity index (χ0v) is 20.0. The van der Waals surface area contributed by atoms with Crippen LogP contribution in [0.25, 0.3) is 0 Å². The van der Waals surface area contributed by atoms with Crippen molar-refractivity contribution in [3.05, 3.63) is 29.3 Å². The van der Waals surface area contributed by atoms with Gasteiger partial charge in [-0.2, -0.15) is 4.31 Å². The molecule has 1 unspecified atom stereocenters. The number of sulfonamides is 1. The monoisotopic (exact) mass is 481 g/mol. The third-order valence-electron chi connectivity index (χ3n) is 7.65. The molecule has 4 fully saturated rings. The lowest BCUT2D eigenvalue weighted by Crippen LogP contribution is -2.47. The summed E-state index contributed by atoms with van der Waals surface area (Å²) >= 11 is 7.69. The Morgan fingerprint density at radius 1 is 1.16 bits per heavy atom. The Bertz CT molecular complexity index is 1020. The first-order chi connectivity index (χ1) is 14.8. The van der Waals surface area contributed by atoms with Gasteiger partial charge in [0, 0.05) is 13.1 Å². The van der Waals surface area contributed by atoms with Crippen LogP contribution in [-0.4, -0.2) is 47.7 Å². The van der Waals surface area contributed by atoms with E-state index in [2.05, 4.69) is 5.32 Å². The molecule has 1 N–H and O–H groups in total. The second kappa shape index (κ2) is 8.04. The molecule has 168 valence electrons. The Hall–Kier alpha value is -1.09. The third kappa shape index (κ3) is 3.83. The number of halogens is 1. The van der Waals surface area contributed by atoms with Gasteiger partial charge < -0.3 is 5.32 Å². The van der Waals surface area contributed by atoms with Gasteiger partial charge in [0.15, 0.2) is 5.17 Å². The van der Waals surface area contributed by atoms with Crippen molar-refractivity contribution >= 4 is 44.5 Å². The summed E-state index contributed by atoms with van der Waals surface area (Å²) in [6.07, 6.45) is 6.32. The van der Waals surface area contributed by atoms with Gasteiger partial charge in [0.05, 0.1) is 11.1 Å². The van der Waals surface area contributed by atoms with Gasteiger partial charge in [-0.25, -0.2) is 8.42 Å². The highest BCUT2D eigenvalue weighted by molar-refractivity contribution is 8.16. The summed E-state index contributed by atoms with van der Waals surface area (Å²) < 4.78 is 26.9. The minimum atomic E-state index is -3.63. The van der Waals surface area contributed by atoms with E-state index in [-0.39, 0.29) is 21.7 Å². The maximum Gasteiger partial charge on any atom is 0.244 e. The Morgan fingerprint density at radius 3 is 2.55 bits per heavy atom. The SMILES string of the molecule is CC1(C2CCN(S(=O)(=O)c3ccccc3Cl)CC2)SC(=N[C@H]2C[C@H]3CC[C@H]2C3)NC1=O. The van der Waals surface area contributed by atoms with Crippen LogP contribution in [0.4, 0.5) is 0 Å². The first-order valence-corrected chi connectivity index (χ1v) is 13.7. The van der Waals surface area contributed by atoms with E-state index in [4.69, 9.17) is 16.6 Å². The number of carbonyl (C=O) groups excluding carboxylic acids is 1. The summed E-state index contributed by atoms with van der Waals surface area (Å²) in [6.45, 7) is 2.76. The largest absolute Gasteiger partial charge is 0.304 e. The molecule has 4 atom stereocenters. The number of rotatable bonds is 4. The maximum atomic E-state index is 13.0. The molecule has 2 aliphatic heterocycles. The summed E-state index contributed by atoms with van der Waals surface area (Å²) in [5.41, 5.74) is 0. The summed E-state index contributed by atoms with van der Waals surface area (Å²) in [5.74, 6) is 1.60. The van der Waals surface area contributed by atoms with Crippen LogP contribution in [0, 0.1) is 17.8 Å². The molecule has 5 rings (SSSR count). The van der Waals surface area contributed by atoms with Crippen molar-refractivity contribution in [3.63, 3.8) is 0 Å². The van der Waals surface area contributed by atoms with Crippen LogP contribution in [-0.2, 0) is 14.8 Å². The van der Waals surface area contributed by atoms with Crippen molar-refractivity contribution in [1.82, 2.24) is 9.62 Å². The van der Waals surface area contributed by atoms with Crippen molar-refractivity contribution < 1.29 is 13.2 Å². The quantitative estimate of drug-likeness (QED) is 0.707. The second-order valence-electron chi connectivity index (χ2n) is 9.45. The number of nitrogens with one attached hydrogen (secondary N) is 1. The summed E-state index contributed by atoms with van der Waals surface area (Å²) in [7, 11) is -3.63. The van der Waals surface area contributed by atoms with Crippen LogP contribution in [0.5, 0.6) is 0 Å². The Kier molecular flexibility index (Phi) is 5.64. The second-order valence-corrected chi connectivity index (χ2v) is 13.2. The highest BCUT2D eigenvalue weighted by Gasteiger charge is 2.50. The van der Waals surface area contributed by atoms with Gasteiger partial charge in [-0.05, 0) is 68.9 Å². The lowest BCUT2D eigenvalue weighted by Gasteiger charge is -2.37. The molecule has 4 aliphatic rings. The first kappa shape index (κ1) is 21.7. The van der Waals surface area contributed by atoms with Crippen LogP contribution < -0.4 is 5.32 Å². The van der Waals surface area contributed by atoms with Gasteiger partial charge in [0.2, 0.25) is 15.9 Å². The number of hydrogen-bond donors (Lipinski definition) is 1. The number of benzene rings is 1. The molecule has 2 heterocycles. The minimum absolute atomic E-state index is 0.00631. The lowest BCUT2D eigenvalue weighted by atomic mass is 9.84. The molecule has 6 nitrogen and oxygen atoms in total. The number of carbonyl (C=O) groups is 1. The molecule has 31 heavy (non-hydrogen) atoms. The molecule has 0 aromatic heterocycles. The van der Waals surface area contributed by atoms with Crippen LogP contribution >= 0.6 is 23.4 Å². The fraction of sp³-hybridized carbons (Fsp3) is 0.636. The average Bonchev–Trinajstić information content (AvgIpc) is 3.44. The van der Waals surface area contributed by atoms with Gasteiger partial charge in [-0.15, -0.1) is 0 Å². The van der Waals surface area contributed by atoms with E-state index in [1.807, 2.05) is 6.92 Å². The number of aliphatic imine (C=N–C) groups is 1. The van der Waals surface area contributed by atoms with E-state index in [1.165, 1.54) is 23.6 Å². The molecular weight excluding hydrogens is 454 g/mol. The number of hydrogen-bond acceptors (Lipinski definition) is 5. The molecule has 1 amide bonds. The molecular formula is C22H28ClN3O3S2. The van der Waals surface area contributed by atoms with Gasteiger partial charge in [-0.1, -0.05) is 41.9 Å². The van der Waals surface area contributed by atoms with Crippen LogP contribution in [0.15, 0.2) is 34.2 Å². The van der Waals surface area contributed by atoms with Gasteiger partial charge in [0.25, 0.3) is 0 Å². The van der Waals surface area contributed by atoms with Crippen LogP contribution in [0.3, 0.4) is 0 Å². The third-order valence-corrected chi connectivity index (χ3v) is 11.4. The summed E-state index contributed by atoms with van der Waals surface area (Å²) in [4.78, 5) is 18.0. The molecule has 1 aromatic rings. The van der Waals surface area contributed by atoms with Crippen molar-refractivity contribution in [1.29, 1.82) is 0 Å². The smallest absolute Gasteiger partial charge is 0.244 e. The highest BCUT2D eigenvalue weighted by Crippen LogP contribution is 2.48. The van der Waals surface area contributed by atoms with Gasteiger partial charge in [0.1, 0.15) is 9.64 Å². The van der Waals surface area contributed by atoms with E-state index in [0.29, 0.717) is 37.9 Å². The molecule has 9 heteroatoms. The fourth-order valence-corrected chi connectivity index (χ4v) is 9.02. The van der Waals surface area contributed by atoms with Crippen LogP contribution in [0.1, 0.15) is 45.4 Å². The molecule has 1 aromatic carbocycles. The minimum Gasteiger partial charge on any atom is -0.304 e. The Labute approximate surface area is 193 Å². The zero-order chi connectivity index (χ0) is 21.8. The molecule has 0 radical (unpaired) electrons. The normalized spacial score (nSPS) is 35.7. The number of amidine groups is 1. The standard InChI is InChI=1S/C22H28ClN3O3S2/c1-22(20(27)25-21(30-22)24-18-13-14-6-7-15(18)12-14)16-8-10-26(11-9-16)31(28,29)19-5-3-2-4-17(19)23/h2-5,14-16,18H,6-13H2,1H3,(H,24,25,27)/t14-,15-,18-,22?/m0/s1. The van der Waals surface area contributed by atoms with Crippen molar-refractivity contribution in [2.75, 3.05) is 13.1 Å². The van der Waals surface area contributed by atoms with Crippen molar-refractivity contribution in [2.45, 2.75) is 61.1 Å². The summed E-state index contributed by atoms with van der Waals surface area (Å²) in [6, 6.07) is 6.90. The topological polar surface area (TPSA) is 78.8 Å². The molecule has 2 saturated heterocycles. The molecule has 2 aliphatic carbocycles. The predicted molar refractivity (Wildman–Crippen MR) is 124 cm³/mol. The number of nitrogens with zero attached hydrogens (tertiary/aromatic N) is 2.